The molecular formula is C15H16N4O3. The summed E-state index contributed by atoms with van der Waals surface area (Å²) in [6, 6.07) is 6.90. The fraction of sp³-hybridized carbons (Fsp3) is 0.200. The number of aromatic nitrogens is 2. The number of alkyl carbamates (subject to hydrolysis) is 1. The molecule has 2 amide bonds. The van der Waals surface area contributed by atoms with Gasteiger partial charge in [-0.2, -0.15) is 0 Å². The molecule has 0 saturated heterocycles. The van der Waals surface area contributed by atoms with Crippen molar-refractivity contribution in [1.82, 2.24) is 20.6 Å². The van der Waals surface area contributed by atoms with E-state index in [1.807, 2.05) is 12.1 Å². The molecule has 2 N–H and O–H groups in total. The standard InChI is InChI=1S/C15H16N4O3/c1-22-15(21)19-10-13-8-12(4-7-17-13)14(20)18-9-11-2-5-16-6-3-11/h2-8H,9-10H2,1H3,(H,18,20)(H,19,21). The Morgan fingerprint density at radius 3 is 2.59 bits per heavy atom. The van der Waals surface area contributed by atoms with Crippen LogP contribution in [0.4, 0.5) is 4.79 Å². The zero-order valence-electron chi connectivity index (χ0n) is 12.1. The minimum atomic E-state index is -0.547. The molecule has 0 bridgehead atoms. The van der Waals surface area contributed by atoms with Gasteiger partial charge in [-0.25, -0.2) is 4.79 Å². The lowest BCUT2D eigenvalue weighted by atomic mass is 10.2. The van der Waals surface area contributed by atoms with E-state index in [0.717, 1.165) is 5.56 Å². The first kappa shape index (κ1) is 15.4. The van der Waals surface area contributed by atoms with Crippen LogP contribution in [0.3, 0.4) is 0 Å². The zero-order valence-corrected chi connectivity index (χ0v) is 12.1. The summed E-state index contributed by atoms with van der Waals surface area (Å²) in [5, 5.41) is 5.32. The first-order chi connectivity index (χ1) is 10.7. The van der Waals surface area contributed by atoms with Crippen molar-refractivity contribution in [3.8, 4) is 0 Å². The predicted octanol–water partition coefficient (Wildman–Crippen LogP) is 1.26. The summed E-state index contributed by atoms with van der Waals surface area (Å²) in [4.78, 5) is 31.1. The Morgan fingerprint density at radius 1 is 1.09 bits per heavy atom. The molecule has 0 aliphatic heterocycles. The van der Waals surface area contributed by atoms with E-state index in [4.69, 9.17) is 0 Å². The van der Waals surface area contributed by atoms with Crippen LogP contribution in [0.25, 0.3) is 0 Å². The van der Waals surface area contributed by atoms with Crippen LogP contribution in [0.2, 0.25) is 0 Å². The second-order valence-corrected chi connectivity index (χ2v) is 4.42. The lowest BCUT2D eigenvalue weighted by Gasteiger charge is -2.07. The summed E-state index contributed by atoms with van der Waals surface area (Å²) in [6.07, 6.45) is 4.32. The molecule has 7 heteroatoms. The van der Waals surface area contributed by atoms with Crippen LogP contribution in [0.5, 0.6) is 0 Å². The van der Waals surface area contributed by atoms with Crippen LogP contribution in [0.15, 0.2) is 42.9 Å². The third kappa shape index (κ3) is 4.55. The molecule has 0 saturated carbocycles. The SMILES string of the molecule is COC(=O)NCc1cc(C(=O)NCc2ccncc2)ccn1. The third-order valence-corrected chi connectivity index (χ3v) is 2.88. The van der Waals surface area contributed by atoms with Gasteiger partial charge >= 0.3 is 6.09 Å². The summed E-state index contributed by atoms with van der Waals surface area (Å²) >= 11 is 0. The number of hydrogen-bond donors (Lipinski definition) is 2. The Morgan fingerprint density at radius 2 is 1.86 bits per heavy atom. The van der Waals surface area contributed by atoms with Gasteiger partial charge in [0.2, 0.25) is 0 Å². The largest absolute Gasteiger partial charge is 0.453 e. The molecule has 0 atom stereocenters. The van der Waals surface area contributed by atoms with Gasteiger partial charge in [0.1, 0.15) is 0 Å². The average molecular weight is 300 g/mol. The second kappa shape index (κ2) is 7.72. The Bertz CT molecular complexity index is 646. The number of amides is 2. The molecule has 7 nitrogen and oxygen atoms in total. The number of methoxy groups -OCH3 is 1. The van der Waals surface area contributed by atoms with Gasteiger partial charge in [0.25, 0.3) is 5.91 Å². The maximum Gasteiger partial charge on any atom is 0.407 e. The van der Waals surface area contributed by atoms with Crippen LogP contribution >= 0.6 is 0 Å². The molecule has 114 valence electrons. The Kier molecular flexibility index (Phi) is 5.42. The van der Waals surface area contributed by atoms with Crippen molar-refractivity contribution in [3.05, 3.63) is 59.7 Å². The van der Waals surface area contributed by atoms with Crippen LogP contribution in [0.1, 0.15) is 21.6 Å². The highest BCUT2D eigenvalue weighted by atomic mass is 16.5. The lowest BCUT2D eigenvalue weighted by molar-refractivity contribution is 0.0950. The van der Waals surface area contributed by atoms with E-state index in [-0.39, 0.29) is 12.5 Å². The van der Waals surface area contributed by atoms with E-state index < -0.39 is 6.09 Å². The van der Waals surface area contributed by atoms with Gasteiger partial charge in [0.05, 0.1) is 19.3 Å². The summed E-state index contributed by atoms with van der Waals surface area (Å²) in [5.41, 5.74) is 2.01. The van der Waals surface area contributed by atoms with Crippen molar-refractivity contribution >= 4 is 12.0 Å². The molecule has 2 aromatic heterocycles. The first-order valence-corrected chi connectivity index (χ1v) is 6.63. The number of carbonyl (C=O) groups excluding carboxylic acids is 2. The number of nitrogens with zero attached hydrogens (tertiary/aromatic N) is 2. The van der Waals surface area contributed by atoms with E-state index in [1.54, 1.807) is 24.5 Å². The Labute approximate surface area is 127 Å². The van der Waals surface area contributed by atoms with Gasteiger partial charge < -0.3 is 15.4 Å². The molecule has 2 rings (SSSR count). The third-order valence-electron chi connectivity index (χ3n) is 2.88. The van der Waals surface area contributed by atoms with Gasteiger partial charge in [-0.15, -0.1) is 0 Å². The van der Waals surface area contributed by atoms with Gasteiger partial charge in [0.15, 0.2) is 0 Å². The maximum atomic E-state index is 12.1. The van der Waals surface area contributed by atoms with E-state index in [0.29, 0.717) is 17.8 Å². The van der Waals surface area contributed by atoms with Crippen molar-refractivity contribution in [1.29, 1.82) is 0 Å². The van der Waals surface area contributed by atoms with Crippen LogP contribution in [0, 0.1) is 0 Å². The molecule has 0 spiro atoms. The Balaban J connectivity index is 1.93. The molecule has 0 aliphatic rings. The summed E-state index contributed by atoms with van der Waals surface area (Å²) in [7, 11) is 1.28. The first-order valence-electron chi connectivity index (χ1n) is 6.63. The number of nitrogens with one attached hydrogen (secondary N) is 2. The quantitative estimate of drug-likeness (QED) is 0.867. The molecule has 0 unspecified atom stereocenters. The highest BCUT2D eigenvalue weighted by Gasteiger charge is 2.07. The monoisotopic (exact) mass is 300 g/mol. The molecule has 0 fully saturated rings. The van der Waals surface area contributed by atoms with Crippen molar-refractivity contribution < 1.29 is 14.3 Å². The predicted molar refractivity (Wildman–Crippen MR) is 78.9 cm³/mol. The van der Waals surface area contributed by atoms with E-state index in [9.17, 15) is 9.59 Å². The molecular weight excluding hydrogens is 284 g/mol. The van der Waals surface area contributed by atoms with Crippen LogP contribution < -0.4 is 10.6 Å². The summed E-state index contributed by atoms with van der Waals surface area (Å²) in [6.45, 7) is 0.609. The summed E-state index contributed by atoms with van der Waals surface area (Å²) in [5.74, 6) is -0.210. The molecule has 0 aromatic carbocycles. The van der Waals surface area contributed by atoms with E-state index in [1.165, 1.54) is 13.3 Å². The maximum absolute atomic E-state index is 12.1. The highest BCUT2D eigenvalue weighted by molar-refractivity contribution is 5.94. The van der Waals surface area contributed by atoms with Crippen molar-refractivity contribution in [2.24, 2.45) is 0 Å². The minimum Gasteiger partial charge on any atom is -0.453 e. The van der Waals surface area contributed by atoms with E-state index in [2.05, 4.69) is 25.3 Å². The molecule has 0 radical (unpaired) electrons. The summed E-state index contributed by atoms with van der Waals surface area (Å²) < 4.78 is 4.47. The second-order valence-electron chi connectivity index (χ2n) is 4.42. The number of rotatable bonds is 5. The number of carbonyl (C=O) groups is 2. The van der Waals surface area contributed by atoms with Crippen molar-refractivity contribution in [2.45, 2.75) is 13.1 Å². The molecule has 0 aliphatic carbocycles. The fourth-order valence-electron chi connectivity index (χ4n) is 1.74. The van der Waals surface area contributed by atoms with E-state index >= 15 is 0 Å². The minimum absolute atomic E-state index is 0.193. The van der Waals surface area contributed by atoms with Crippen LogP contribution in [-0.4, -0.2) is 29.1 Å². The Hall–Kier alpha value is -2.96. The number of ether oxygens (including phenoxy) is 1. The van der Waals surface area contributed by atoms with Gasteiger partial charge in [-0.05, 0) is 29.8 Å². The van der Waals surface area contributed by atoms with Crippen LogP contribution in [-0.2, 0) is 17.8 Å². The lowest BCUT2D eigenvalue weighted by Crippen LogP contribution is -2.25. The molecule has 22 heavy (non-hydrogen) atoms. The van der Waals surface area contributed by atoms with Crippen molar-refractivity contribution in [2.75, 3.05) is 7.11 Å². The highest BCUT2D eigenvalue weighted by Crippen LogP contribution is 2.03. The van der Waals surface area contributed by atoms with Gasteiger partial charge in [-0.1, -0.05) is 0 Å². The van der Waals surface area contributed by atoms with Gasteiger partial charge in [-0.3, -0.25) is 14.8 Å². The number of hydrogen-bond acceptors (Lipinski definition) is 5. The molecule has 2 aromatic rings. The topological polar surface area (TPSA) is 93.2 Å². The molecule has 2 heterocycles. The normalized spacial score (nSPS) is 9.86. The van der Waals surface area contributed by atoms with Crippen molar-refractivity contribution in [3.63, 3.8) is 0 Å². The zero-order chi connectivity index (χ0) is 15.8. The fourth-order valence-corrected chi connectivity index (χ4v) is 1.74. The average Bonchev–Trinajstić information content (AvgIpc) is 2.58. The van der Waals surface area contributed by atoms with Gasteiger partial charge in [0, 0.05) is 30.7 Å². The number of pyridine rings is 2. The smallest absolute Gasteiger partial charge is 0.407 e.